The number of carbonyl (C=O) groups is 1. The maximum atomic E-state index is 12.2. The number of nitro benzene ring substituents is 1. The van der Waals surface area contributed by atoms with Crippen molar-refractivity contribution in [2.45, 2.75) is 6.92 Å². The number of rotatable bonds is 3. The summed E-state index contributed by atoms with van der Waals surface area (Å²) in [4.78, 5) is 22.6. The lowest BCUT2D eigenvalue weighted by Crippen LogP contribution is -2.12. The molecule has 0 bridgehead atoms. The van der Waals surface area contributed by atoms with E-state index in [1.165, 1.54) is 6.07 Å². The number of nitro groups is 1. The third-order valence-electron chi connectivity index (χ3n) is 2.84. The molecule has 0 saturated heterocycles. The second-order valence-corrected chi connectivity index (χ2v) is 5.66. The average Bonchev–Trinajstić information content (AvgIpc) is 2.43. The second kappa shape index (κ2) is 6.24. The predicted octanol–water partition coefficient (Wildman–Crippen LogP) is 4.57. The van der Waals surface area contributed by atoms with Gasteiger partial charge in [0.1, 0.15) is 0 Å². The van der Waals surface area contributed by atoms with E-state index in [1.807, 2.05) is 0 Å². The molecule has 7 heteroatoms. The fourth-order valence-electron chi connectivity index (χ4n) is 1.75. The summed E-state index contributed by atoms with van der Waals surface area (Å²) in [7, 11) is 0. The van der Waals surface area contributed by atoms with Crippen molar-refractivity contribution in [2.75, 3.05) is 5.32 Å². The summed E-state index contributed by atoms with van der Waals surface area (Å²) in [5, 5.41) is 13.8. The highest BCUT2D eigenvalue weighted by Crippen LogP contribution is 2.25. The van der Waals surface area contributed by atoms with Crippen molar-refractivity contribution >= 4 is 44.8 Å². The molecule has 0 aromatic heterocycles. The number of amides is 1. The Morgan fingerprint density at radius 3 is 2.67 bits per heavy atom. The zero-order valence-corrected chi connectivity index (χ0v) is 13.2. The monoisotopic (exact) mass is 368 g/mol. The number of hydrogen-bond acceptors (Lipinski definition) is 3. The van der Waals surface area contributed by atoms with Crippen LogP contribution in [0.25, 0.3) is 0 Å². The summed E-state index contributed by atoms with van der Waals surface area (Å²) in [5.41, 5.74) is 1.11. The third-order valence-corrected chi connectivity index (χ3v) is 3.66. The zero-order chi connectivity index (χ0) is 15.6. The van der Waals surface area contributed by atoms with Gasteiger partial charge in [-0.15, -0.1) is 0 Å². The zero-order valence-electron chi connectivity index (χ0n) is 10.9. The molecule has 2 aromatic carbocycles. The molecule has 2 rings (SSSR count). The molecule has 0 saturated carbocycles. The molecule has 21 heavy (non-hydrogen) atoms. The predicted molar refractivity (Wildman–Crippen MR) is 84.9 cm³/mol. The van der Waals surface area contributed by atoms with Crippen molar-refractivity contribution in [1.29, 1.82) is 0 Å². The molecule has 0 atom stereocenters. The Balaban J connectivity index is 2.29. The normalized spacial score (nSPS) is 10.2. The van der Waals surface area contributed by atoms with E-state index >= 15 is 0 Å². The van der Waals surface area contributed by atoms with E-state index in [0.717, 1.165) is 0 Å². The first-order chi connectivity index (χ1) is 9.88. The van der Waals surface area contributed by atoms with Gasteiger partial charge in [0.2, 0.25) is 0 Å². The molecule has 0 aliphatic heterocycles. The molecule has 1 amide bonds. The van der Waals surface area contributed by atoms with Crippen molar-refractivity contribution in [3.63, 3.8) is 0 Å². The lowest BCUT2D eigenvalue weighted by Gasteiger charge is -2.08. The van der Waals surface area contributed by atoms with Crippen LogP contribution in [-0.2, 0) is 0 Å². The molecule has 5 nitrogen and oxygen atoms in total. The highest BCUT2D eigenvalue weighted by Gasteiger charge is 2.15. The van der Waals surface area contributed by atoms with Gasteiger partial charge in [0.25, 0.3) is 11.6 Å². The fraction of sp³-hybridized carbons (Fsp3) is 0.0714. The quantitative estimate of drug-likeness (QED) is 0.636. The average molecular weight is 370 g/mol. The van der Waals surface area contributed by atoms with Crippen LogP contribution < -0.4 is 5.32 Å². The minimum absolute atomic E-state index is 0.0480. The van der Waals surface area contributed by atoms with Crippen LogP contribution in [0.1, 0.15) is 15.9 Å². The summed E-state index contributed by atoms with van der Waals surface area (Å²) in [6.45, 7) is 1.63. The number of benzene rings is 2. The Morgan fingerprint density at radius 2 is 2.00 bits per heavy atom. The Hall–Kier alpha value is -1.92. The summed E-state index contributed by atoms with van der Waals surface area (Å²) in [6.07, 6.45) is 0. The van der Waals surface area contributed by atoms with Gasteiger partial charge in [0.05, 0.1) is 15.5 Å². The molecule has 0 aliphatic carbocycles. The number of hydrogen-bond donors (Lipinski definition) is 1. The van der Waals surface area contributed by atoms with Crippen LogP contribution in [0, 0.1) is 17.0 Å². The SMILES string of the molecule is Cc1ccc(NC(=O)c2cc(Br)ccc2Cl)cc1[N+](=O)[O-]. The van der Waals surface area contributed by atoms with E-state index in [1.54, 1.807) is 37.3 Å². The van der Waals surface area contributed by atoms with Crippen molar-refractivity contribution < 1.29 is 9.72 Å². The molecule has 0 spiro atoms. The van der Waals surface area contributed by atoms with Crippen LogP contribution in [0.3, 0.4) is 0 Å². The maximum Gasteiger partial charge on any atom is 0.274 e. The molecule has 0 radical (unpaired) electrons. The van der Waals surface area contributed by atoms with Gasteiger partial charge in [-0.1, -0.05) is 33.6 Å². The number of nitrogens with zero attached hydrogens (tertiary/aromatic N) is 1. The van der Waals surface area contributed by atoms with Crippen LogP contribution in [0.15, 0.2) is 40.9 Å². The molecule has 1 N–H and O–H groups in total. The van der Waals surface area contributed by atoms with E-state index in [2.05, 4.69) is 21.2 Å². The first kappa shape index (κ1) is 15.5. The van der Waals surface area contributed by atoms with Crippen LogP contribution in [0.4, 0.5) is 11.4 Å². The topological polar surface area (TPSA) is 72.2 Å². The summed E-state index contributed by atoms with van der Waals surface area (Å²) in [5.74, 6) is -0.431. The number of aryl methyl sites for hydroxylation is 1. The number of halogens is 2. The largest absolute Gasteiger partial charge is 0.322 e. The molecule has 108 valence electrons. The summed E-state index contributed by atoms with van der Waals surface area (Å²) < 4.78 is 0.715. The van der Waals surface area contributed by atoms with Gasteiger partial charge in [-0.3, -0.25) is 14.9 Å². The highest BCUT2D eigenvalue weighted by atomic mass is 79.9. The van der Waals surface area contributed by atoms with Gasteiger partial charge < -0.3 is 5.32 Å². The van der Waals surface area contributed by atoms with Crippen LogP contribution in [-0.4, -0.2) is 10.8 Å². The van der Waals surface area contributed by atoms with Crippen molar-refractivity contribution in [1.82, 2.24) is 0 Å². The van der Waals surface area contributed by atoms with Crippen LogP contribution in [0.5, 0.6) is 0 Å². The number of anilines is 1. The molecular formula is C14H10BrClN2O3. The van der Waals surface area contributed by atoms with Crippen molar-refractivity contribution in [2.24, 2.45) is 0 Å². The molecule has 0 aliphatic rings. The minimum Gasteiger partial charge on any atom is -0.322 e. The fourth-order valence-corrected chi connectivity index (χ4v) is 2.32. The van der Waals surface area contributed by atoms with Crippen molar-refractivity contribution in [3.8, 4) is 0 Å². The van der Waals surface area contributed by atoms with Gasteiger partial charge in [-0.05, 0) is 31.2 Å². The van der Waals surface area contributed by atoms with Gasteiger partial charge >= 0.3 is 0 Å². The van der Waals surface area contributed by atoms with Gasteiger partial charge in [-0.25, -0.2) is 0 Å². The standard InChI is InChI=1S/C14H10BrClN2O3/c1-8-2-4-10(7-13(8)18(20)21)17-14(19)11-6-9(15)3-5-12(11)16/h2-7H,1H3,(H,17,19). The van der Waals surface area contributed by atoms with Crippen LogP contribution >= 0.6 is 27.5 Å². The Labute approximate surface area is 134 Å². The lowest BCUT2D eigenvalue weighted by atomic mass is 10.1. The lowest BCUT2D eigenvalue weighted by molar-refractivity contribution is -0.385. The van der Waals surface area contributed by atoms with Crippen molar-refractivity contribution in [3.05, 3.63) is 67.1 Å². The number of carbonyl (C=O) groups excluding carboxylic acids is 1. The summed E-state index contributed by atoms with van der Waals surface area (Å²) in [6, 6.07) is 9.40. The first-order valence-electron chi connectivity index (χ1n) is 5.90. The Morgan fingerprint density at radius 1 is 1.29 bits per heavy atom. The van der Waals surface area contributed by atoms with E-state index in [-0.39, 0.29) is 11.3 Å². The molecule has 0 heterocycles. The first-order valence-corrected chi connectivity index (χ1v) is 7.07. The minimum atomic E-state index is -0.489. The maximum absolute atomic E-state index is 12.2. The van der Waals surface area contributed by atoms with E-state index < -0.39 is 10.8 Å². The van der Waals surface area contributed by atoms with E-state index in [4.69, 9.17) is 11.6 Å². The molecule has 0 unspecified atom stereocenters. The van der Waals surface area contributed by atoms with Crippen LogP contribution in [0.2, 0.25) is 5.02 Å². The molecule has 2 aromatic rings. The van der Waals surface area contributed by atoms with E-state index in [9.17, 15) is 14.9 Å². The molecular weight excluding hydrogens is 360 g/mol. The highest BCUT2D eigenvalue weighted by molar-refractivity contribution is 9.10. The van der Waals surface area contributed by atoms with Gasteiger partial charge in [0.15, 0.2) is 0 Å². The van der Waals surface area contributed by atoms with E-state index in [0.29, 0.717) is 20.7 Å². The number of nitrogens with one attached hydrogen (secondary N) is 1. The second-order valence-electron chi connectivity index (χ2n) is 4.34. The Bertz CT molecular complexity index is 734. The smallest absolute Gasteiger partial charge is 0.274 e. The van der Waals surface area contributed by atoms with Gasteiger partial charge in [0, 0.05) is 21.8 Å². The third kappa shape index (κ3) is 3.59. The molecule has 0 fully saturated rings. The Kier molecular flexibility index (Phi) is 4.59. The summed E-state index contributed by atoms with van der Waals surface area (Å²) >= 11 is 9.24. The van der Waals surface area contributed by atoms with Gasteiger partial charge in [-0.2, -0.15) is 0 Å².